The molecule has 1 atom stereocenters. The number of allylic oxidation sites excluding steroid dienone is 1. The van der Waals surface area contributed by atoms with E-state index in [0.29, 0.717) is 5.57 Å². The number of carbonyl (C=O) groups is 2. The molecular weight excluding hydrogens is 234 g/mol. The molecule has 0 aromatic heterocycles. The van der Waals surface area contributed by atoms with Gasteiger partial charge >= 0.3 is 0 Å². The molecule has 5 nitrogen and oxygen atoms in total. The molecule has 0 heterocycles. The van der Waals surface area contributed by atoms with Crippen LogP contribution >= 0.6 is 0 Å². The molecule has 5 heteroatoms. The van der Waals surface area contributed by atoms with Crippen molar-refractivity contribution >= 4 is 18.4 Å². The fraction of sp³-hybridized carbons (Fsp3) is 0.231. The maximum Gasteiger partial charge on any atom is 0.290 e. The highest BCUT2D eigenvalue weighted by Gasteiger charge is 2.02. The van der Waals surface area contributed by atoms with E-state index in [1.54, 1.807) is 20.1 Å². The zero-order valence-corrected chi connectivity index (χ0v) is 10.4. The van der Waals surface area contributed by atoms with Crippen LogP contribution in [-0.2, 0) is 14.3 Å². The number of para-hydroxylation sites is 1. The summed E-state index contributed by atoms with van der Waals surface area (Å²) in [7, 11) is 1.59. The highest BCUT2D eigenvalue weighted by molar-refractivity contribution is 5.72. The third-order valence-electron chi connectivity index (χ3n) is 1.94. The van der Waals surface area contributed by atoms with Gasteiger partial charge in [-0.05, 0) is 30.7 Å². The normalized spacial score (nSPS) is 11.8. The maximum absolute atomic E-state index is 10.5. The number of benzene rings is 1. The highest BCUT2D eigenvalue weighted by Crippen LogP contribution is 2.08. The molecule has 2 N–H and O–H groups in total. The second kappa shape index (κ2) is 10.0. The Morgan fingerprint density at radius 1 is 1.33 bits per heavy atom. The minimum Gasteiger partial charge on any atom is -0.483 e. The minimum absolute atomic E-state index is 0.250. The summed E-state index contributed by atoms with van der Waals surface area (Å²) in [6.45, 7) is 1.49. The second-order valence-corrected chi connectivity index (χ2v) is 3.30. The SMILES string of the molecule is COC(/C=C(/C)C=O)Nc1ccccc1.O=CO. The van der Waals surface area contributed by atoms with Crippen molar-refractivity contribution in [2.45, 2.75) is 13.2 Å². The van der Waals surface area contributed by atoms with Gasteiger partial charge in [-0.25, -0.2) is 0 Å². The van der Waals surface area contributed by atoms with Gasteiger partial charge in [0.2, 0.25) is 0 Å². The first-order chi connectivity index (χ1) is 8.67. The molecule has 0 radical (unpaired) electrons. The topological polar surface area (TPSA) is 75.6 Å². The molecule has 1 aromatic carbocycles. The summed E-state index contributed by atoms with van der Waals surface area (Å²) >= 11 is 0. The van der Waals surface area contributed by atoms with Gasteiger partial charge in [-0.3, -0.25) is 9.59 Å². The lowest BCUT2D eigenvalue weighted by Crippen LogP contribution is -2.19. The fourth-order valence-corrected chi connectivity index (χ4v) is 1.15. The first kappa shape index (κ1) is 15.9. The lowest BCUT2D eigenvalue weighted by Gasteiger charge is -2.14. The lowest BCUT2D eigenvalue weighted by atomic mass is 10.2. The van der Waals surface area contributed by atoms with Crippen LogP contribution in [0.4, 0.5) is 5.69 Å². The number of hydrogen-bond acceptors (Lipinski definition) is 4. The van der Waals surface area contributed by atoms with Gasteiger partial charge in [0.1, 0.15) is 12.5 Å². The summed E-state index contributed by atoms with van der Waals surface area (Å²) in [6, 6.07) is 9.70. The molecule has 0 aliphatic rings. The third kappa shape index (κ3) is 7.19. The van der Waals surface area contributed by atoms with Gasteiger partial charge in [0.15, 0.2) is 0 Å². The summed E-state index contributed by atoms with van der Waals surface area (Å²) in [6.07, 6.45) is 2.26. The zero-order chi connectivity index (χ0) is 13.8. The first-order valence-corrected chi connectivity index (χ1v) is 5.23. The van der Waals surface area contributed by atoms with Crippen LogP contribution in [0.25, 0.3) is 0 Å². The molecule has 0 saturated carbocycles. The van der Waals surface area contributed by atoms with Crippen LogP contribution in [0.1, 0.15) is 6.92 Å². The lowest BCUT2D eigenvalue weighted by molar-refractivity contribution is -0.122. The Hall–Kier alpha value is -2.14. The van der Waals surface area contributed by atoms with Crippen molar-refractivity contribution in [1.82, 2.24) is 0 Å². The Bertz CT molecular complexity index is 376. The number of nitrogens with one attached hydrogen (secondary N) is 1. The molecular formula is C13H17NO4. The Morgan fingerprint density at radius 3 is 2.33 bits per heavy atom. The summed E-state index contributed by atoms with van der Waals surface area (Å²) in [4.78, 5) is 18.8. The Balaban J connectivity index is 0.000000873. The Labute approximate surface area is 106 Å². The summed E-state index contributed by atoms with van der Waals surface area (Å²) in [5, 5.41) is 10.0. The van der Waals surface area contributed by atoms with E-state index < -0.39 is 0 Å². The maximum atomic E-state index is 10.5. The summed E-state index contributed by atoms with van der Waals surface area (Å²) < 4.78 is 5.18. The van der Waals surface area contributed by atoms with Crippen molar-refractivity contribution in [2.24, 2.45) is 0 Å². The number of anilines is 1. The van der Waals surface area contributed by atoms with E-state index in [0.717, 1.165) is 12.0 Å². The predicted octanol–water partition coefficient (Wildman–Crippen LogP) is 1.92. The van der Waals surface area contributed by atoms with Crippen LogP contribution in [0, 0.1) is 0 Å². The van der Waals surface area contributed by atoms with Crippen molar-refractivity contribution in [3.05, 3.63) is 42.0 Å². The highest BCUT2D eigenvalue weighted by atomic mass is 16.5. The van der Waals surface area contributed by atoms with Gasteiger partial charge in [-0.2, -0.15) is 0 Å². The van der Waals surface area contributed by atoms with Crippen molar-refractivity contribution in [2.75, 3.05) is 12.4 Å². The average molecular weight is 251 g/mol. The van der Waals surface area contributed by atoms with E-state index in [4.69, 9.17) is 14.6 Å². The van der Waals surface area contributed by atoms with Crippen molar-refractivity contribution in [1.29, 1.82) is 0 Å². The van der Waals surface area contributed by atoms with Crippen molar-refractivity contribution < 1.29 is 19.4 Å². The molecule has 98 valence electrons. The molecule has 0 fully saturated rings. The molecule has 0 saturated heterocycles. The third-order valence-corrected chi connectivity index (χ3v) is 1.94. The minimum atomic E-state index is -0.280. The summed E-state index contributed by atoms with van der Waals surface area (Å²) in [5.41, 5.74) is 1.60. The number of methoxy groups -OCH3 is 1. The van der Waals surface area contributed by atoms with Crippen LogP contribution in [0.3, 0.4) is 0 Å². The first-order valence-electron chi connectivity index (χ1n) is 5.23. The van der Waals surface area contributed by atoms with Crippen LogP contribution in [0.2, 0.25) is 0 Å². The van der Waals surface area contributed by atoms with E-state index in [1.807, 2.05) is 30.3 Å². The van der Waals surface area contributed by atoms with E-state index in [-0.39, 0.29) is 12.7 Å². The second-order valence-electron chi connectivity index (χ2n) is 3.30. The average Bonchev–Trinajstić information content (AvgIpc) is 2.40. The molecule has 1 aromatic rings. The van der Waals surface area contributed by atoms with Gasteiger partial charge in [-0.1, -0.05) is 18.2 Å². The number of ether oxygens (including phenoxy) is 1. The van der Waals surface area contributed by atoms with Gasteiger partial charge < -0.3 is 15.2 Å². The number of aldehydes is 1. The quantitative estimate of drug-likeness (QED) is 0.475. The van der Waals surface area contributed by atoms with Gasteiger partial charge in [-0.15, -0.1) is 0 Å². The van der Waals surface area contributed by atoms with Crippen LogP contribution in [0.5, 0.6) is 0 Å². The van der Waals surface area contributed by atoms with E-state index >= 15 is 0 Å². The van der Waals surface area contributed by atoms with Crippen molar-refractivity contribution in [3.8, 4) is 0 Å². The molecule has 0 bridgehead atoms. The van der Waals surface area contributed by atoms with E-state index in [1.165, 1.54) is 0 Å². The van der Waals surface area contributed by atoms with Crippen LogP contribution in [-0.4, -0.2) is 31.2 Å². The van der Waals surface area contributed by atoms with Gasteiger partial charge in [0.05, 0.1) is 0 Å². The van der Waals surface area contributed by atoms with Gasteiger partial charge in [0, 0.05) is 12.8 Å². The zero-order valence-electron chi connectivity index (χ0n) is 10.4. The molecule has 0 amide bonds. The van der Waals surface area contributed by atoms with Crippen molar-refractivity contribution in [3.63, 3.8) is 0 Å². The fourth-order valence-electron chi connectivity index (χ4n) is 1.15. The molecule has 0 aliphatic carbocycles. The van der Waals surface area contributed by atoms with E-state index in [2.05, 4.69) is 5.32 Å². The Kier molecular flexibility index (Phi) is 8.85. The number of carboxylic acid groups (broad SMARTS) is 1. The van der Waals surface area contributed by atoms with E-state index in [9.17, 15) is 4.79 Å². The number of rotatable bonds is 5. The smallest absolute Gasteiger partial charge is 0.290 e. The molecule has 18 heavy (non-hydrogen) atoms. The monoisotopic (exact) mass is 251 g/mol. The standard InChI is InChI=1S/C12H15NO2.CH2O2/c1-10(9-14)8-12(15-2)13-11-6-4-3-5-7-11;2-1-3/h3-9,12-13H,1-2H3;1H,(H,2,3)/b10-8-;. The van der Waals surface area contributed by atoms with Crippen LogP contribution < -0.4 is 5.32 Å². The van der Waals surface area contributed by atoms with Gasteiger partial charge in [0.25, 0.3) is 6.47 Å². The molecule has 0 aliphatic heterocycles. The van der Waals surface area contributed by atoms with Crippen LogP contribution in [0.15, 0.2) is 42.0 Å². The number of hydrogen-bond donors (Lipinski definition) is 2. The molecule has 1 rings (SSSR count). The largest absolute Gasteiger partial charge is 0.483 e. The predicted molar refractivity (Wildman–Crippen MR) is 69.4 cm³/mol. The summed E-state index contributed by atoms with van der Waals surface area (Å²) in [5.74, 6) is 0. The molecule has 1 unspecified atom stereocenters. The molecule has 0 spiro atoms. The Morgan fingerprint density at radius 2 is 1.89 bits per heavy atom. The number of carbonyl (C=O) groups excluding carboxylic acids is 1.